The average molecular weight is 293 g/mol. The van der Waals surface area contributed by atoms with E-state index in [1.807, 2.05) is 11.0 Å². The molecule has 0 aromatic heterocycles. The lowest BCUT2D eigenvalue weighted by Gasteiger charge is -2.19. The van der Waals surface area contributed by atoms with Crippen molar-refractivity contribution < 1.29 is 4.79 Å². The molecule has 0 spiro atoms. The van der Waals surface area contributed by atoms with Crippen LogP contribution < -0.4 is 4.90 Å². The minimum atomic E-state index is 0.203. The van der Waals surface area contributed by atoms with Crippen molar-refractivity contribution in [3.05, 3.63) is 29.8 Å². The molecule has 2 fully saturated rings. The molecule has 0 N–H and O–H groups in total. The predicted octanol–water partition coefficient (Wildman–Crippen LogP) is 2.87. The first kappa shape index (κ1) is 13.9. The molecule has 2 heterocycles. The number of anilines is 1. The van der Waals surface area contributed by atoms with Gasteiger partial charge in [-0.2, -0.15) is 0 Å². The molecule has 1 amide bonds. The Hall–Kier alpha value is -1.06. The summed E-state index contributed by atoms with van der Waals surface area (Å²) in [6, 6.07) is 8.40. The maximum Gasteiger partial charge on any atom is 0.227 e. The van der Waals surface area contributed by atoms with Crippen molar-refractivity contribution in [2.24, 2.45) is 5.92 Å². The Morgan fingerprint density at radius 1 is 1.25 bits per heavy atom. The molecule has 1 atom stereocenters. The largest absolute Gasteiger partial charge is 0.312 e. The van der Waals surface area contributed by atoms with Crippen LogP contribution in [0.15, 0.2) is 24.3 Å². The molecular formula is C16H21ClN2O. The van der Waals surface area contributed by atoms with E-state index in [0.717, 1.165) is 18.8 Å². The number of alkyl halides is 1. The number of likely N-dealkylation sites (tertiary alicyclic amines) is 1. The summed E-state index contributed by atoms with van der Waals surface area (Å²) in [5.41, 5.74) is 2.32. The Labute approximate surface area is 125 Å². The van der Waals surface area contributed by atoms with Crippen LogP contribution in [0, 0.1) is 5.92 Å². The van der Waals surface area contributed by atoms with Crippen molar-refractivity contribution in [2.75, 3.05) is 30.4 Å². The third-order valence-corrected chi connectivity index (χ3v) is 4.69. The zero-order valence-electron chi connectivity index (χ0n) is 11.7. The van der Waals surface area contributed by atoms with Gasteiger partial charge in [-0.25, -0.2) is 0 Å². The molecule has 4 heteroatoms. The van der Waals surface area contributed by atoms with E-state index in [-0.39, 0.29) is 5.91 Å². The van der Waals surface area contributed by atoms with Gasteiger partial charge in [0.1, 0.15) is 0 Å². The molecule has 108 valence electrons. The van der Waals surface area contributed by atoms with Crippen LogP contribution in [0.4, 0.5) is 5.69 Å². The molecule has 3 rings (SSSR count). The van der Waals surface area contributed by atoms with Gasteiger partial charge >= 0.3 is 0 Å². The van der Waals surface area contributed by atoms with Gasteiger partial charge in [-0.05, 0) is 49.5 Å². The predicted molar refractivity (Wildman–Crippen MR) is 82.1 cm³/mol. The lowest BCUT2D eigenvalue weighted by molar-refractivity contribution is -0.117. The number of nitrogens with zero attached hydrogens (tertiary/aromatic N) is 2. The van der Waals surface area contributed by atoms with E-state index in [2.05, 4.69) is 23.1 Å². The van der Waals surface area contributed by atoms with Crippen LogP contribution in [-0.4, -0.2) is 36.3 Å². The number of halogens is 1. The van der Waals surface area contributed by atoms with Gasteiger partial charge in [0.25, 0.3) is 0 Å². The van der Waals surface area contributed by atoms with Gasteiger partial charge in [0.2, 0.25) is 5.91 Å². The number of hydrogen-bond donors (Lipinski definition) is 0. The third-order valence-electron chi connectivity index (χ3n) is 4.25. The van der Waals surface area contributed by atoms with E-state index in [9.17, 15) is 4.79 Å². The van der Waals surface area contributed by atoms with Gasteiger partial charge < -0.3 is 4.90 Å². The second kappa shape index (κ2) is 6.15. The average Bonchev–Trinajstić information content (AvgIpc) is 3.08. The summed E-state index contributed by atoms with van der Waals surface area (Å²) in [6.07, 6.45) is 3.20. The zero-order valence-corrected chi connectivity index (χ0v) is 12.5. The number of benzene rings is 1. The van der Waals surface area contributed by atoms with Gasteiger partial charge in [-0.3, -0.25) is 9.69 Å². The van der Waals surface area contributed by atoms with Crippen LogP contribution in [0.1, 0.15) is 24.8 Å². The van der Waals surface area contributed by atoms with Gasteiger partial charge in [-0.1, -0.05) is 12.1 Å². The van der Waals surface area contributed by atoms with Gasteiger partial charge in [0.05, 0.1) is 0 Å². The number of carbonyl (C=O) groups is 1. The molecule has 0 bridgehead atoms. The molecule has 1 unspecified atom stereocenters. The first-order valence-corrected chi connectivity index (χ1v) is 7.97. The quantitative estimate of drug-likeness (QED) is 0.797. The molecule has 2 aliphatic rings. The second-order valence-electron chi connectivity index (χ2n) is 5.88. The van der Waals surface area contributed by atoms with Crippen LogP contribution in [0.25, 0.3) is 0 Å². The number of amides is 1. The number of hydrogen-bond acceptors (Lipinski definition) is 2. The van der Waals surface area contributed by atoms with E-state index in [1.165, 1.54) is 31.5 Å². The second-order valence-corrected chi connectivity index (χ2v) is 6.19. The molecule has 1 aromatic rings. The molecule has 3 nitrogen and oxygen atoms in total. The number of rotatable bonds is 4. The van der Waals surface area contributed by atoms with Crippen molar-refractivity contribution >= 4 is 23.2 Å². The van der Waals surface area contributed by atoms with Crippen molar-refractivity contribution in [1.29, 1.82) is 0 Å². The highest BCUT2D eigenvalue weighted by Gasteiger charge is 2.30. The normalized spacial score (nSPS) is 23.8. The lowest BCUT2D eigenvalue weighted by Crippen LogP contribution is -2.25. The summed E-state index contributed by atoms with van der Waals surface area (Å²) in [6.45, 7) is 4.15. The summed E-state index contributed by atoms with van der Waals surface area (Å²) in [5, 5.41) is 0. The van der Waals surface area contributed by atoms with Crippen LogP contribution in [0.2, 0.25) is 0 Å². The minimum Gasteiger partial charge on any atom is -0.312 e. The van der Waals surface area contributed by atoms with E-state index in [1.54, 1.807) is 0 Å². The first-order valence-electron chi connectivity index (χ1n) is 7.44. The molecule has 20 heavy (non-hydrogen) atoms. The standard InChI is InChI=1S/C16H21ClN2O/c17-10-14-9-16(20)19(12-14)15-5-3-4-13(8-15)11-18-6-1-2-7-18/h3-5,8,14H,1-2,6-7,9-12H2. The fourth-order valence-corrected chi connectivity index (χ4v) is 3.36. The zero-order chi connectivity index (χ0) is 13.9. The summed E-state index contributed by atoms with van der Waals surface area (Å²) in [4.78, 5) is 16.4. The lowest BCUT2D eigenvalue weighted by atomic mass is 10.1. The number of carbonyl (C=O) groups excluding carboxylic acids is 1. The van der Waals surface area contributed by atoms with E-state index < -0.39 is 0 Å². The van der Waals surface area contributed by atoms with Crippen molar-refractivity contribution in [2.45, 2.75) is 25.8 Å². The highest BCUT2D eigenvalue weighted by atomic mass is 35.5. The smallest absolute Gasteiger partial charge is 0.227 e. The van der Waals surface area contributed by atoms with Crippen LogP contribution in [-0.2, 0) is 11.3 Å². The summed E-state index contributed by atoms with van der Waals surface area (Å²) < 4.78 is 0. The Kier molecular flexibility index (Phi) is 4.27. The fraction of sp³-hybridized carbons (Fsp3) is 0.562. The van der Waals surface area contributed by atoms with E-state index in [0.29, 0.717) is 18.2 Å². The third kappa shape index (κ3) is 2.99. The van der Waals surface area contributed by atoms with Crippen molar-refractivity contribution in [3.8, 4) is 0 Å². The Morgan fingerprint density at radius 3 is 2.75 bits per heavy atom. The maximum absolute atomic E-state index is 12.1. The summed E-state index contributed by atoms with van der Waals surface area (Å²) in [5.74, 6) is 1.07. The SMILES string of the molecule is O=C1CC(CCl)CN1c1cccc(CN2CCCC2)c1. The van der Waals surface area contributed by atoms with E-state index in [4.69, 9.17) is 11.6 Å². The van der Waals surface area contributed by atoms with Gasteiger partial charge in [-0.15, -0.1) is 11.6 Å². The molecule has 1 aromatic carbocycles. The van der Waals surface area contributed by atoms with Crippen molar-refractivity contribution in [1.82, 2.24) is 4.90 Å². The highest BCUT2D eigenvalue weighted by Crippen LogP contribution is 2.27. The molecule has 0 aliphatic carbocycles. The van der Waals surface area contributed by atoms with Crippen LogP contribution in [0.3, 0.4) is 0 Å². The topological polar surface area (TPSA) is 23.6 Å². The molecule has 2 saturated heterocycles. The van der Waals surface area contributed by atoms with Crippen LogP contribution >= 0.6 is 11.6 Å². The van der Waals surface area contributed by atoms with Crippen molar-refractivity contribution in [3.63, 3.8) is 0 Å². The summed E-state index contributed by atoms with van der Waals surface area (Å²) in [7, 11) is 0. The van der Waals surface area contributed by atoms with E-state index >= 15 is 0 Å². The minimum absolute atomic E-state index is 0.203. The monoisotopic (exact) mass is 292 g/mol. The first-order chi connectivity index (χ1) is 9.76. The Bertz CT molecular complexity index is 485. The molecule has 0 saturated carbocycles. The maximum atomic E-state index is 12.1. The molecule has 2 aliphatic heterocycles. The Morgan fingerprint density at radius 2 is 2.05 bits per heavy atom. The summed E-state index contributed by atoms with van der Waals surface area (Å²) >= 11 is 5.88. The molecular weight excluding hydrogens is 272 g/mol. The Balaban J connectivity index is 1.72. The highest BCUT2D eigenvalue weighted by molar-refractivity contribution is 6.18. The fourth-order valence-electron chi connectivity index (χ4n) is 3.16. The van der Waals surface area contributed by atoms with Gasteiger partial charge in [0, 0.05) is 31.1 Å². The van der Waals surface area contributed by atoms with Crippen LogP contribution in [0.5, 0.6) is 0 Å². The van der Waals surface area contributed by atoms with Gasteiger partial charge in [0.15, 0.2) is 0 Å². The molecule has 0 radical (unpaired) electrons.